The van der Waals surface area contributed by atoms with Gasteiger partial charge < -0.3 is 19.5 Å². The lowest BCUT2D eigenvalue weighted by Gasteiger charge is -2.15. The second-order valence-corrected chi connectivity index (χ2v) is 5.39. The zero-order chi connectivity index (χ0) is 17.4. The van der Waals surface area contributed by atoms with Gasteiger partial charge in [-0.25, -0.2) is 0 Å². The van der Waals surface area contributed by atoms with E-state index in [9.17, 15) is 4.79 Å². The molecule has 1 amide bonds. The van der Waals surface area contributed by atoms with Crippen LogP contribution in [0.3, 0.4) is 0 Å². The summed E-state index contributed by atoms with van der Waals surface area (Å²) in [5.74, 6) is 2.01. The predicted molar refractivity (Wildman–Crippen MR) is 92.8 cm³/mol. The highest BCUT2D eigenvalue weighted by molar-refractivity contribution is 5.80. The van der Waals surface area contributed by atoms with E-state index in [2.05, 4.69) is 5.32 Å². The molecule has 0 aliphatic heterocycles. The molecule has 0 heterocycles. The van der Waals surface area contributed by atoms with E-state index in [0.717, 1.165) is 17.1 Å². The molecule has 2 aromatic rings. The van der Waals surface area contributed by atoms with Crippen molar-refractivity contribution in [1.29, 1.82) is 0 Å². The molecule has 0 aliphatic rings. The van der Waals surface area contributed by atoms with Crippen LogP contribution < -0.4 is 19.5 Å². The number of methoxy groups -OCH3 is 1. The predicted octanol–water partition coefficient (Wildman–Crippen LogP) is 2.97. The molecule has 0 bridgehead atoms. The van der Waals surface area contributed by atoms with E-state index in [1.54, 1.807) is 14.0 Å². The second kappa shape index (κ2) is 8.82. The van der Waals surface area contributed by atoms with Crippen molar-refractivity contribution in [2.75, 3.05) is 20.3 Å². The molecular weight excluding hydrogens is 306 g/mol. The summed E-state index contributed by atoms with van der Waals surface area (Å²) in [5.41, 5.74) is 1.15. The Morgan fingerprint density at radius 3 is 2.21 bits per heavy atom. The number of carbonyl (C=O) groups excluding carboxylic acids is 1. The third kappa shape index (κ3) is 5.50. The van der Waals surface area contributed by atoms with E-state index in [-0.39, 0.29) is 5.91 Å². The van der Waals surface area contributed by atoms with E-state index in [4.69, 9.17) is 14.2 Å². The number of amides is 1. The van der Waals surface area contributed by atoms with E-state index in [1.165, 1.54) is 0 Å². The van der Waals surface area contributed by atoms with Crippen molar-refractivity contribution in [1.82, 2.24) is 5.32 Å². The topological polar surface area (TPSA) is 56.8 Å². The Morgan fingerprint density at radius 2 is 1.58 bits per heavy atom. The summed E-state index contributed by atoms with van der Waals surface area (Å²) >= 11 is 0. The number of rotatable bonds is 8. The van der Waals surface area contributed by atoms with Gasteiger partial charge in [-0.05, 0) is 50.2 Å². The summed E-state index contributed by atoms with van der Waals surface area (Å²) in [7, 11) is 1.62. The first-order valence-electron chi connectivity index (χ1n) is 7.86. The Balaban J connectivity index is 1.69. The van der Waals surface area contributed by atoms with E-state index < -0.39 is 6.10 Å². The van der Waals surface area contributed by atoms with Crippen LogP contribution in [0.25, 0.3) is 0 Å². The molecular formula is C19H23NO4. The smallest absolute Gasteiger partial charge is 0.260 e. The van der Waals surface area contributed by atoms with Gasteiger partial charge in [0.25, 0.3) is 5.91 Å². The van der Waals surface area contributed by atoms with Gasteiger partial charge in [0.15, 0.2) is 6.10 Å². The highest BCUT2D eigenvalue weighted by Crippen LogP contribution is 2.16. The molecule has 0 saturated carbocycles. The van der Waals surface area contributed by atoms with Gasteiger partial charge in [-0.1, -0.05) is 17.7 Å². The molecule has 0 unspecified atom stereocenters. The number of benzene rings is 2. The molecule has 0 fully saturated rings. The summed E-state index contributed by atoms with van der Waals surface area (Å²) in [6.45, 7) is 4.52. The molecule has 0 aliphatic carbocycles. The average molecular weight is 329 g/mol. The van der Waals surface area contributed by atoms with Crippen molar-refractivity contribution in [2.45, 2.75) is 20.0 Å². The van der Waals surface area contributed by atoms with E-state index in [1.807, 2.05) is 55.5 Å². The minimum absolute atomic E-state index is 0.172. The summed E-state index contributed by atoms with van der Waals surface area (Å²) in [6.07, 6.45) is -0.561. The van der Waals surface area contributed by atoms with Gasteiger partial charge >= 0.3 is 0 Å². The highest BCUT2D eigenvalue weighted by atomic mass is 16.5. The normalized spacial score (nSPS) is 11.5. The van der Waals surface area contributed by atoms with Gasteiger partial charge in [-0.15, -0.1) is 0 Å². The van der Waals surface area contributed by atoms with Gasteiger partial charge in [0.2, 0.25) is 0 Å². The summed E-state index contributed by atoms with van der Waals surface area (Å²) < 4.78 is 16.2. The minimum atomic E-state index is -0.561. The van der Waals surface area contributed by atoms with Gasteiger partial charge in [0.05, 0.1) is 13.7 Å². The van der Waals surface area contributed by atoms with Crippen molar-refractivity contribution in [3.63, 3.8) is 0 Å². The molecule has 5 nitrogen and oxygen atoms in total. The molecule has 0 aromatic heterocycles. The van der Waals surface area contributed by atoms with Crippen LogP contribution in [0.5, 0.6) is 17.2 Å². The van der Waals surface area contributed by atoms with E-state index >= 15 is 0 Å². The molecule has 24 heavy (non-hydrogen) atoms. The van der Waals surface area contributed by atoms with Gasteiger partial charge in [0.1, 0.15) is 23.9 Å². The van der Waals surface area contributed by atoms with Crippen molar-refractivity contribution in [3.8, 4) is 17.2 Å². The Hall–Kier alpha value is -2.69. The molecule has 2 rings (SSSR count). The molecule has 1 N–H and O–H groups in total. The van der Waals surface area contributed by atoms with Crippen LogP contribution >= 0.6 is 0 Å². The van der Waals surface area contributed by atoms with Crippen LogP contribution in [0.15, 0.2) is 48.5 Å². The van der Waals surface area contributed by atoms with Gasteiger partial charge in [0, 0.05) is 0 Å². The monoisotopic (exact) mass is 329 g/mol. The summed E-state index contributed by atoms with van der Waals surface area (Å²) in [4.78, 5) is 12.0. The SMILES string of the molecule is COc1ccc(OCCNC(=O)[C@@H](C)Oc2ccc(C)cc2)cc1. The Morgan fingerprint density at radius 1 is 1.00 bits per heavy atom. The van der Waals surface area contributed by atoms with Gasteiger partial charge in [-0.3, -0.25) is 4.79 Å². The number of aryl methyl sites for hydroxylation is 1. The fraction of sp³-hybridized carbons (Fsp3) is 0.316. The Bertz CT molecular complexity index is 637. The summed E-state index contributed by atoms with van der Waals surface area (Å²) in [6, 6.07) is 14.9. The largest absolute Gasteiger partial charge is 0.497 e. The number of ether oxygens (including phenoxy) is 3. The number of hydrogen-bond donors (Lipinski definition) is 1. The third-order valence-electron chi connectivity index (χ3n) is 3.43. The molecule has 0 radical (unpaired) electrons. The zero-order valence-electron chi connectivity index (χ0n) is 14.2. The van der Waals surface area contributed by atoms with Crippen molar-refractivity contribution < 1.29 is 19.0 Å². The maximum absolute atomic E-state index is 12.0. The van der Waals surface area contributed by atoms with Crippen LogP contribution in [0.4, 0.5) is 0 Å². The van der Waals surface area contributed by atoms with Crippen molar-refractivity contribution >= 4 is 5.91 Å². The van der Waals surface area contributed by atoms with Crippen LogP contribution in [0, 0.1) is 6.92 Å². The highest BCUT2D eigenvalue weighted by Gasteiger charge is 2.13. The number of carbonyl (C=O) groups is 1. The lowest BCUT2D eigenvalue weighted by molar-refractivity contribution is -0.127. The van der Waals surface area contributed by atoms with Crippen molar-refractivity contribution in [3.05, 3.63) is 54.1 Å². The van der Waals surface area contributed by atoms with Crippen LogP contribution in [-0.2, 0) is 4.79 Å². The molecule has 0 spiro atoms. The maximum Gasteiger partial charge on any atom is 0.260 e. The van der Waals surface area contributed by atoms with Crippen LogP contribution in [0.2, 0.25) is 0 Å². The molecule has 2 aromatic carbocycles. The first-order chi connectivity index (χ1) is 11.6. The first kappa shape index (κ1) is 17.7. The second-order valence-electron chi connectivity index (χ2n) is 5.39. The zero-order valence-corrected chi connectivity index (χ0v) is 14.2. The fourth-order valence-electron chi connectivity index (χ4n) is 2.03. The first-order valence-corrected chi connectivity index (χ1v) is 7.86. The van der Waals surface area contributed by atoms with Crippen molar-refractivity contribution in [2.24, 2.45) is 0 Å². The van der Waals surface area contributed by atoms with Gasteiger partial charge in [-0.2, -0.15) is 0 Å². The standard InChI is InChI=1S/C19H23NO4/c1-14-4-6-18(7-5-14)24-15(2)19(21)20-12-13-23-17-10-8-16(22-3)9-11-17/h4-11,15H,12-13H2,1-3H3,(H,20,21)/t15-/m1/s1. The maximum atomic E-state index is 12.0. The fourth-order valence-corrected chi connectivity index (χ4v) is 2.03. The molecule has 0 saturated heterocycles. The Labute approximate surface area is 142 Å². The Kier molecular flexibility index (Phi) is 6.49. The van der Waals surface area contributed by atoms with Crippen LogP contribution in [-0.4, -0.2) is 32.3 Å². The lowest BCUT2D eigenvalue weighted by Crippen LogP contribution is -2.38. The van der Waals surface area contributed by atoms with E-state index in [0.29, 0.717) is 18.9 Å². The quantitative estimate of drug-likeness (QED) is 0.757. The molecule has 1 atom stereocenters. The minimum Gasteiger partial charge on any atom is -0.497 e. The summed E-state index contributed by atoms with van der Waals surface area (Å²) in [5, 5.41) is 2.79. The third-order valence-corrected chi connectivity index (χ3v) is 3.43. The molecule has 128 valence electrons. The van der Waals surface area contributed by atoms with Crippen LogP contribution in [0.1, 0.15) is 12.5 Å². The average Bonchev–Trinajstić information content (AvgIpc) is 2.61. The number of nitrogens with one attached hydrogen (secondary N) is 1. The number of hydrogen-bond acceptors (Lipinski definition) is 4. The molecule has 5 heteroatoms. The lowest BCUT2D eigenvalue weighted by atomic mass is 10.2.